The van der Waals surface area contributed by atoms with Crippen molar-refractivity contribution in [2.24, 2.45) is 0 Å². The summed E-state index contributed by atoms with van der Waals surface area (Å²) in [6.45, 7) is 0. The molecule has 4 rings (SSSR count). The fourth-order valence-electron chi connectivity index (χ4n) is 2.63. The predicted molar refractivity (Wildman–Crippen MR) is 79.9 cm³/mol. The highest BCUT2D eigenvalue weighted by atomic mass is 16.3. The van der Waals surface area contributed by atoms with Gasteiger partial charge in [-0.25, -0.2) is 10.3 Å². The summed E-state index contributed by atoms with van der Waals surface area (Å²) in [7, 11) is 0. The minimum absolute atomic E-state index is 0.201. The fourth-order valence-corrected chi connectivity index (χ4v) is 2.63. The number of para-hydroxylation sites is 1. The normalized spacial score (nSPS) is 20.6. The van der Waals surface area contributed by atoms with Crippen molar-refractivity contribution in [1.29, 1.82) is 0 Å². The first-order valence-electron chi connectivity index (χ1n) is 6.73. The molecule has 1 aliphatic heterocycles. The van der Waals surface area contributed by atoms with Gasteiger partial charge in [-0.1, -0.05) is 18.2 Å². The molecule has 0 saturated heterocycles. The molecular formula is C14H13N5O3. The van der Waals surface area contributed by atoms with E-state index < -0.39 is 18.1 Å². The van der Waals surface area contributed by atoms with Gasteiger partial charge >= 0.3 is 0 Å². The minimum atomic E-state index is -1.17. The Kier molecular flexibility index (Phi) is 2.76. The maximum absolute atomic E-state index is 12.3. The molecular weight excluding hydrogens is 286 g/mol. The summed E-state index contributed by atoms with van der Waals surface area (Å²) >= 11 is 0. The molecule has 3 aromatic rings. The van der Waals surface area contributed by atoms with E-state index in [1.54, 1.807) is 6.20 Å². The van der Waals surface area contributed by atoms with Crippen molar-refractivity contribution in [2.45, 2.75) is 12.6 Å². The van der Waals surface area contributed by atoms with Crippen molar-refractivity contribution < 1.29 is 10.2 Å². The SMILES string of the molecule is O=c1[nH]c2c(nc1-c1c[nH]c3ccccc13)C(O)NC(O)N2. The highest BCUT2D eigenvalue weighted by molar-refractivity contribution is 5.94. The van der Waals surface area contributed by atoms with Gasteiger partial charge in [-0.05, 0) is 6.07 Å². The molecule has 8 heteroatoms. The van der Waals surface area contributed by atoms with Gasteiger partial charge in [0.05, 0.1) is 0 Å². The van der Waals surface area contributed by atoms with Crippen LogP contribution in [0.15, 0.2) is 35.3 Å². The van der Waals surface area contributed by atoms with Crippen molar-refractivity contribution in [3.8, 4) is 11.3 Å². The fraction of sp³-hybridized carbons (Fsp3) is 0.143. The van der Waals surface area contributed by atoms with Crippen LogP contribution in [-0.4, -0.2) is 31.5 Å². The van der Waals surface area contributed by atoms with E-state index in [9.17, 15) is 15.0 Å². The molecule has 0 bridgehead atoms. The van der Waals surface area contributed by atoms with Gasteiger partial charge < -0.3 is 25.5 Å². The third-order valence-electron chi connectivity index (χ3n) is 3.64. The Bertz CT molecular complexity index is 916. The van der Waals surface area contributed by atoms with Crippen molar-refractivity contribution >= 4 is 16.7 Å². The Hall–Kier alpha value is -2.68. The number of nitrogens with one attached hydrogen (secondary N) is 4. The second-order valence-corrected chi connectivity index (χ2v) is 5.04. The maximum Gasteiger partial charge on any atom is 0.276 e. The van der Waals surface area contributed by atoms with Gasteiger partial charge in [-0.2, -0.15) is 0 Å². The lowest BCUT2D eigenvalue weighted by Crippen LogP contribution is -2.44. The number of aliphatic hydroxyl groups excluding tert-OH is 2. The molecule has 0 amide bonds. The molecule has 0 saturated carbocycles. The summed E-state index contributed by atoms with van der Waals surface area (Å²) in [5.41, 5.74) is 1.57. The molecule has 0 radical (unpaired) electrons. The molecule has 0 fully saturated rings. The van der Waals surface area contributed by atoms with Crippen molar-refractivity contribution in [3.05, 3.63) is 46.5 Å². The molecule has 1 aliphatic rings. The number of aromatic amines is 2. The van der Waals surface area contributed by atoms with E-state index in [2.05, 4.69) is 25.6 Å². The van der Waals surface area contributed by atoms with Gasteiger partial charge in [0.1, 0.15) is 17.2 Å². The van der Waals surface area contributed by atoms with Crippen LogP contribution in [0.4, 0.5) is 5.82 Å². The Balaban J connectivity index is 1.93. The molecule has 3 heterocycles. The molecule has 8 nitrogen and oxygen atoms in total. The number of H-pyrrole nitrogens is 2. The Labute approximate surface area is 123 Å². The monoisotopic (exact) mass is 299 g/mol. The first kappa shape index (κ1) is 13.0. The predicted octanol–water partition coefficient (Wildman–Crippen LogP) is 0.200. The maximum atomic E-state index is 12.3. The standard InChI is InChI=1S/C14H13N5O3/c20-12-9(7-5-15-8-4-2-1-3-6(7)8)16-10-11(17-12)18-14(22)19-13(10)21/h1-5,13-15,19,21-22H,(H2,17,18,20). The lowest BCUT2D eigenvalue weighted by Gasteiger charge is -2.27. The third-order valence-corrected chi connectivity index (χ3v) is 3.64. The summed E-state index contributed by atoms with van der Waals surface area (Å²) in [5, 5.41) is 25.4. The number of nitrogens with zero attached hydrogens (tertiary/aromatic N) is 1. The molecule has 112 valence electrons. The van der Waals surface area contributed by atoms with E-state index in [1.165, 1.54) is 0 Å². The van der Waals surface area contributed by atoms with Crippen LogP contribution in [0.1, 0.15) is 11.9 Å². The van der Waals surface area contributed by atoms with Gasteiger partial charge in [-0.15, -0.1) is 0 Å². The molecule has 0 aliphatic carbocycles. The topological polar surface area (TPSA) is 126 Å². The van der Waals surface area contributed by atoms with Crippen molar-refractivity contribution in [1.82, 2.24) is 20.3 Å². The zero-order valence-electron chi connectivity index (χ0n) is 11.3. The van der Waals surface area contributed by atoms with Gasteiger partial charge in [0.25, 0.3) is 5.56 Å². The average molecular weight is 299 g/mol. The first-order chi connectivity index (χ1) is 10.6. The van der Waals surface area contributed by atoms with Crippen LogP contribution in [0.3, 0.4) is 0 Å². The van der Waals surface area contributed by atoms with E-state index in [4.69, 9.17) is 0 Å². The van der Waals surface area contributed by atoms with Gasteiger partial charge in [0.2, 0.25) is 0 Å². The number of aliphatic hydroxyl groups is 2. The molecule has 2 aromatic heterocycles. The third kappa shape index (κ3) is 1.90. The summed E-state index contributed by atoms with van der Waals surface area (Å²) in [6, 6.07) is 7.56. The number of fused-ring (bicyclic) bond motifs is 2. The van der Waals surface area contributed by atoms with Gasteiger partial charge in [0, 0.05) is 22.7 Å². The van der Waals surface area contributed by atoms with E-state index in [-0.39, 0.29) is 17.2 Å². The number of hydrogen-bond acceptors (Lipinski definition) is 6. The number of benzene rings is 1. The van der Waals surface area contributed by atoms with Crippen LogP contribution < -0.4 is 16.2 Å². The van der Waals surface area contributed by atoms with Gasteiger partial charge in [0.15, 0.2) is 12.6 Å². The quantitative estimate of drug-likeness (QED) is 0.381. The summed E-state index contributed by atoms with van der Waals surface area (Å²) in [5.74, 6) is 0.201. The molecule has 2 unspecified atom stereocenters. The van der Waals surface area contributed by atoms with E-state index in [1.807, 2.05) is 24.3 Å². The van der Waals surface area contributed by atoms with Crippen LogP contribution >= 0.6 is 0 Å². The van der Waals surface area contributed by atoms with Crippen LogP contribution in [0, 0.1) is 0 Å². The lowest BCUT2D eigenvalue weighted by molar-refractivity contribution is 0.0452. The molecule has 22 heavy (non-hydrogen) atoms. The van der Waals surface area contributed by atoms with Crippen molar-refractivity contribution in [2.75, 3.05) is 5.32 Å². The lowest BCUT2D eigenvalue weighted by atomic mass is 10.1. The first-order valence-corrected chi connectivity index (χ1v) is 6.73. The second-order valence-electron chi connectivity index (χ2n) is 5.04. The summed E-state index contributed by atoms with van der Waals surface area (Å²) in [6.07, 6.45) is -0.620. The van der Waals surface area contributed by atoms with Crippen LogP contribution in [0.25, 0.3) is 22.2 Å². The number of hydrogen-bond donors (Lipinski definition) is 6. The van der Waals surface area contributed by atoms with Crippen LogP contribution in [0.2, 0.25) is 0 Å². The largest absolute Gasteiger partial charge is 0.372 e. The number of aromatic nitrogens is 3. The average Bonchev–Trinajstić information content (AvgIpc) is 2.90. The van der Waals surface area contributed by atoms with E-state index >= 15 is 0 Å². The molecule has 6 N–H and O–H groups in total. The highest BCUT2D eigenvalue weighted by Crippen LogP contribution is 2.28. The van der Waals surface area contributed by atoms with Crippen LogP contribution in [0.5, 0.6) is 0 Å². The van der Waals surface area contributed by atoms with Crippen LogP contribution in [-0.2, 0) is 0 Å². The van der Waals surface area contributed by atoms with E-state index in [0.29, 0.717) is 5.56 Å². The second kappa shape index (κ2) is 4.67. The highest BCUT2D eigenvalue weighted by Gasteiger charge is 2.26. The molecule has 0 spiro atoms. The Morgan fingerprint density at radius 1 is 1.18 bits per heavy atom. The Morgan fingerprint density at radius 2 is 2.00 bits per heavy atom. The van der Waals surface area contributed by atoms with Crippen molar-refractivity contribution in [3.63, 3.8) is 0 Å². The minimum Gasteiger partial charge on any atom is -0.372 e. The molecule has 2 atom stereocenters. The zero-order valence-corrected chi connectivity index (χ0v) is 11.3. The zero-order chi connectivity index (χ0) is 15.3. The summed E-state index contributed by atoms with van der Waals surface area (Å²) < 4.78 is 0. The van der Waals surface area contributed by atoms with E-state index in [0.717, 1.165) is 10.9 Å². The van der Waals surface area contributed by atoms with Gasteiger partial charge in [-0.3, -0.25) is 4.79 Å². The smallest absolute Gasteiger partial charge is 0.276 e. The Morgan fingerprint density at radius 3 is 2.86 bits per heavy atom. The molecule has 1 aromatic carbocycles. The summed E-state index contributed by atoms with van der Waals surface area (Å²) in [4.78, 5) is 22.3. The number of anilines is 1. The number of rotatable bonds is 1.